The zero-order valence-corrected chi connectivity index (χ0v) is 12.7. The highest BCUT2D eigenvalue weighted by atomic mass is 16.3. The van der Waals surface area contributed by atoms with E-state index in [2.05, 4.69) is 45.0 Å². The first-order chi connectivity index (χ1) is 9.01. The molecule has 1 aliphatic rings. The maximum Gasteiger partial charge on any atom is 0.0843 e. The average molecular weight is 260 g/mol. The van der Waals surface area contributed by atoms with Crippen molar-refractivity contribution < 1.29 is 5.11 Å². The molecule has 1 N–H and O–H groups in total. The van der Waals surface area contributed by atoms with Crippen molar-refractivity contribution in [2.75, 3.05) is 0 Å². The lowest BCUT2D eigenvalue weighted by Crippen LogP contribution is -2.28. The van der Waals surface area contributed by atoms with Gasteiger partial charge in [0, 0.05) is 0 Å². The van der Waals surface area contributed by atoms with Crippen LogP contribution in [0.5, 0.6) is 0 Å². The first kappa shape index (κ1) is 14.6. The third-order valence-corrected chi connectivity index (χ3v) is 4.60. The fourth-order valence-corrected chi connectivity index (χ4v) is 3.34. The number of rotatable bonds is 4. The molecular formula is C18H28O. The van der Waals surface area contributed by atoms with E-state index in [0.29, 0.717) is 5.92 Å². The van der Waals surface area contributed by atoms with Crippen molar-refractivity contribution in [1.82, 2.24) is 0 Å². The van der Waals surface area contributed by atoms with Crippen LogP contribution in [0, 0.1) is 11.3 Å². The highest BCUT2D eigenvalue weighted by molar-refractivity contribution is 5.25. The van der Waals surface area contributed by atoms with E-state index < -0.39 is 0 Å². The third kappa shape index (κ3) is 3.60. The summed E-state index contributed by atoms with van der Waals surface area (Å²) in [7, 11) is 0. The number of hydrogen-bond acceptors (Lipinski definition) is 1. The standard InChI is InChI=1S/C18H28O/c1-14(2)13-15-7-9-16(10-8-15)17(19)18(3)11-5-4-6-12-18/h7-10,14,17,19H,4-6,11-13H2,1-3H3. The zero-order valence-electron chi connectivity index (χ0n) is 12.7. The van der Waals surface area contributed by atoms with Crippen molar-refractivity contribution >= 4 is 0 Å². The Hall–Kier alpha value is -0.820. The van der Waals surface area contributed by atoms with Gasteiger partial charge in [0.05, 0.1) is 6.10 Å². The summed E-state index contributed by atoms with van der Waals surface area (Å²) in [6, 6.07) is 8.62. The first-order valence-electron chi connectivity index (χ1n) is 7.78. The third-order valence-electron chi connectivity index (χ3n) is 4.60. The van der Waals surface area contributed by atoms with E-state index in [1.165, 1.54) is 24.8 Å². The molecule has 0 spiro atoms. The molecule has 1 unspecified atom stereocenters. The molecule has 1 aromatic carbocycles. The van der Waals surface area contributed by atoms with Gasteiger partial charge in [0.25, 0.3) is 0 Å². The molecule has 19 heavy (non-hydrogen) atoms. The molecule has 0 radical (unpaired) electrons. The maximum atomic E-state index is 10.7. The smallest absolute Gasteiger partial charge is 0.0843 e. The van der Waals surface area contributed by atoms with Crippen molar-refractivity contribution in [3.05, 3.63) is 35.4 Å². The van der Waals surface area contributed by atoms with Gasteiger partial charge >= 0.3 is 0 Å². The van der Waals surface area contributed by atoms with E-state index >= 15 is 0 Å². The van der Waals surface area contributed by atoms with E-state index in [0.717, 1.165) is 24.8 Å². The van der Waals surface area contributed by atoms with Gasteiger partial charge in [0.1, 0.15) is 0 Å². The van der Waals surface area contributed by atoms with Gasteiger partial charge in [-0.05, 0) is 41.7 Å². The average Bonchev–Trinajstić information content (AvgIpc) is 2.39. The van der Waals surface area contributed by atoms with Gasteiger partial charge < -0.3 is 5.11 Å². The normalized spacial score (nSPS) is 20.5. The van der Waals surface area contributed by atoms with Gasteiger partial charge in [-0.2, -0.15) is 0 Å². The Kier molecular flexibility index (Phi) is 4.67. The highest BCUT2D eigenvalue weighted by Gasteiger charge is 2.35. The fourth-order valence-electron chi connectivity index (χ4n) is 3.34. The van der Waals surface area contributed by atoms with Crippen LogP contribution in [0.1, 0.15) is 70.1 Å². The Morgan fingerprint density at radius 1 is 1.05 bits per heavy atom. The molecule has 0 bridgehead atoms. The Balaban J connectivity index is 2.08. The molecule has 106 valence electrons. The molecule has 0 amide bonds. The Bertz CT molecular complexity index is 385. The molecule has 0 aromatic heterocycles. The van der Waals surface area contributed by atoms with Crippen molar-refractivity contribution in [2.24, 2.45) is 11.3 Å². The van der Waals surface area contributed by atoms with E-state index in [1.807, 2.05) is 0 Å². The fraction of sp³-hybridized carbons (Fsp3) is 0.667. The highest BCUT2D eigenvalue weighted by Crippen LogP contribution is 2.45. The molecule has 1 nitrogen and oxygen atoms in total. The van der Waals surface area contributed by atoms with E-state index in [9.17, 15) is 5.11 Å². The molecule has 1 fully saturated rings. The topological polar surface area (TPSA) is 20.2 Å². The lowest BCUT2D eigenvalue weighted by molar-refractivity contribution is 0.00818. The molecule has 0 aliphatic heterocycles. The van der Waals surface area contributed by atoms with Crippen molar-refractivity contribution in [1.29, 1.82) is 0 Å². The summed E-state index contributed by atoms with van der Waals surface area (Å²) in [6.45, 7) is 6.73. The van der Waals surface area contributed by atoms with Crippen LogP contribution in [0.25, 0.3) is 0 Å². The van der Waals surface area contributed by atoms with Crippen LogP contribution in [0.4, 0.5) is 0 Å². The minimum absolute atomic E-state index is 0.0812. The molecule has 2 rings (SSSR count). The van der Waals surface area contributed by atoms with Gasteiger partial charge in [0.15, 0.2) is 0 Å². The van der Waals surface area contributed by atoms with Crippen LogP contribution < -0.4 is 0 Å². The predicted molar refractivity (Wildman–Crippen MR) is 81.1 cm³/mol. The molecular weight excluding hydrogens is 232 g/mol. The predicted octanol–water partition coefficient (Wildman–Crippen LogP) is 4.89. The van der Waals surface area contributed by atoms with Crippen LogP contribution in [0.2, 0.25) is 0 Å². The SMILES string of the molecule is CC(C)Cc1ccc(C(O)C2(C)CCCCC2)cc1. The van der Waals surface area contributed by atoms with Crippen LogP contribution >= 0.6 is 0 Å². The van der Waals surface area contributed by atoms with E-state index in [-0.39, 0.29) is 11.5 Å². The molecule has 1 aliphatic carbocycles. The molecule has 0 saturated heterocycles. The Morgan fingerprint density at radius 2 is 1.63 bits per heavy atom. The van der Waals surface area contributed by atoms with Gasteiger partial charge in [0.2, 0.25) is 0 Å². The summed E-state index contributed by atoms with van der Waals surface area (Å²) in [4.78, 5) is 0. The van der Waals surface area contributed by atoms with Gasteiger partial charge in [-0.15, -0.1) is 0 Å². The Morgan fingerprint density at radius 3 is 2.16 bits per heavy atom. The second-order valence-electron chi connectivity index (χ2n) is 6.96. The monoisotopic (exact) mass is 260 g/mol. The summed E-state index contributed by atoms with van der Waals surface area (Å²) in [5.41, 5.74) is 2.55. The summed E-state index contributed by atoms with van der Waals surface area (Å²) in [5.74, 6) is 0.687. The lowest BCUT2D eigenvalue weighted by atomic mass is 9.70. The van der Waals surface area contributed by atoms with Crippen LogP contribution in [0.15, 0.2) is 24.3 Å². The summed E-state index contributed by atoms with van der Waals surface area (Å²) >= 11 is 0. The van der Waals surface area contributed by atoms with E-state index in [4.69, 9.17) is 0 Å². The quantitative estimate of drug-likeness (QED) is 0.817. The summed E-state index contributed by atoms with van der Waals surface area (Å²) < 4.78 is 0. The molecule has 1 heteroatoms. The second-order valence-corrected chi connectivity index (χ2v) is 6.96. The van der Waals surface area contributed by atoms with Crippen LogP contribution in [0.3, 0.4) is 0 Å². The number of aliphatic hydroxyl groups is 1. The maximum absolute atomic E-state index is 10.7. The second kappa shape index (κ2) is 6.09. The van der Waals surface area contributed by atoms with Gasteiger partial charge in [-0.1, -0.05) is 64.3 Å². The summed E-state index contributed by atoms with van der Waals surface area (Å²) in [5, 5.41) is 10.7. The largest absolute Gasteiger partial charge is 0.388 e. The number of aliphatic hydroxyl groups excluding tert-OH is 1. The zero-order chi connectivity index (χ0) is 13.9. The molecule has 1 atom stereocenters. The Labute approximate surface area is 118 Å². The summed E-state index contributed by atoms with van der Waals surface area (Å²) in [6.07, 6.45) is 6.98. The van der Waals surface area contributed by atoms with Crippen molar-refractivity contribution in [2.45, 2.75) is 65.4 Å². The minimum Gasteiger partial charge on any atom is -0.388 e. The van der Waals surface area contributed by atoms with E-state index in [1.54, 1.807) is 0 Å². The number of hydrogen-bond donors (Lipinski definition) is 1. The molecule has 0 heterocycles. The van der Waals surface area contributed by atoms with Crippen LogP contribution in [-0.2, 0) is 6.42 Å². The molecule has 1 saturated carbocycles. The number of benzene rings is 1. The van der Waals surface area contributed by atoms with Crippen molar-refractivity contribution in [3.8, 4) is 0 Å². The lowest BCUT2D eigenvalue weighted by Gasteiger charge is -2.38. The minimum atomic E-state index is -0.305. The van der Waals surface area contributed by atoms with Crippen molar-refractivity contribution in [3.63, 3.8) is 0 Å². The van der Waals surface area contributed by atoms with Crippen LogP contribution in [-0.4, -0.2) is 5.11 Å². The molecule has 1 aromatic rings. The van der Waals surface area contributed by atoms with Gasteiger partial charge in [-0.3, -0.25) is 0 Å². The van der Waals surface area contributed by atoms with Gasteiger partial charge in [-0.25, -0.2) is 0 Å². The first-order valence-corrected chi connectivity index (χ1v) is 7.78.